The van der Waals surface area contributed by atoms with Crippen LogP contribution < -0.4 is 10.1 Å². The second kappa shape index (κ2) is 7.78. The summed E-state index contributed by atoms with van der Waals surface area (Å²) in [6.07, 6.45) is 4.11. The third-order valence-electron chi connectivity index (χ3n) is 7.03. The molecule has 2 atom stereocenters. The minimum Gasteiger partial charge on any atom is -0.491 e. The first kappa shape index (κ1) is 19.5. The Hall–Kier alpha value is -3.13. The molecule has 1 aliphatic carbocycles. The van der Waals surface area contributed by atoms with E-state index in [0.717, 1.165) is 54.3 Å². The molecule has 1 aromatic carbocycles. The number of benzene rings is 1. The quantitative estimate of drug-likeness (QED) is 0.659. The summed E-state index contributed by atoms with van der Waals surface area (Å²) >= 11 is 0. The summed E-state index contributed by atoms with van der Waals surface area (Å²) in [5.41, 5.74) is 3.28. The molecule has 3 aromatic rings. The Balaban J connectivity index is 1.33. The molecule has 1 amide bonds. The molecule has 166 valence electrons. The molecule has 0 radical (unpaired) electrons. The third-order valence-corrected chi connectivity index (χ3v) is 7.03. The molecule has 2 fully saturated rings. The van der Waals surface area contributed by atoms with Crippen molar-refractivity contribution in [3.63, 3.8) is 0 Å². The van der Waals surface area contributed by atoms with Gasteiger partial charge in [-0.05, 0) is 30.9 Å². The summed E-state index contributed by atoms with van der Waals surface area (Å²) in [5, 5.41) is 4.80. The molecule has 1 saturated heterocycles. The van der Waals surface area contributed by atoms with Crippen LogP contribution in [0.15, 0.2) is 36.7 Å². The number of piperazine rings is 1. The number of H-pyrrole nitrogens is 1. The number of hydrogen-bond donors (Lipinski definition) is 2. The van der Waals surface area contributed by atoms with Crippen molar-refractivity contribution in [3.8, 4) is 5.75 Å². The van der Waals surface area contributed by atoms with Crippen molar-refractivity contribution >= 4 is 22.8 Å². The van der Waals surface area contributed by atoms with Gasteiger partial charge in [0, 0.05) is 44.4 Å². The number of rotatable bonds is 4. The highest BCUT2D eigenvalue weighted by atomic mass is 16.5. The van der Waals surface area contributed by atoms with Crippen molar-refractivity contribution in [2.45, 2.75) is 37.8 Å². The Labute approximate surface area is 187 Å². The highest BCUT2D eigenvalue weighted by Crippen LogP contribution is 2.42. The fourth-order valence-electron chi connectivity index (χ4n) is 5.04. The van der Waals surface area contributed by atoms with Crippen LogP contribution in [0.25, 0.3) is 11.0 Å². The molecular formula is C24H28N6O2. The van der Waals surface area contributed by atoms with Crippen molar-refractivity contribution in [2.24, 2.45) is 0 Å². The van der Waals surface area contributed by atoms with Crippen molar-refractivity contribution in [3.05, 3.63) is 47.9 Å². The normalized spacial score (nSPS) is 23.6. The van der Waals surface area contributed by atoms with E-state index in [1.54, 1.807) is 13.3 Å². The van der Waals surface area contributed by atoms with Crippen molar-refractivity contribution in [2.75, 3.05) is 38.1 Å². The van der Waals surface area contributed by atoms with Gasteiger partial charge in [-0.1, -0.05) is 18.2 Å². The maximum atomic E-state index is 11.8. The molecule has 8 nitrogen and oxygen atoms in total. The molecule has 8 heteroatoms. The van der Waals surface area contributed by atoms with E-state index >= 15 is 0 Å². The molecule has 3 aliphatic rings. The maximum absolute atomic E-state index is 11.8. The van der Waals surface area contributed by atoms with E-state index in [-0.39, 0.29) is 18.0 Å². The number of ether oxygens (including phenoxy) is 1. The van der Waals surface area contributed by atoms with Gasteiger partial charge in [0.2, 0.25) is 5.91 Å². The molecule has 6 rings (SSSR count). The number of fused-ring (bicyclic) bond motifs is 2. The van der Waals surface area contributed by atoms with Crippen molar-refractivity contribution in [1.29, 1.82) is 0 Å². The Morgan fingerprint density at radius 1 is 1.16 bits per heavy atom. The summed E-state index contributed by atoms with van der Waals surface area (Å²) < 4.78 is 6.16. The topological polar surface area (TPSA) is 86.4 Å². The molecule has 1 saturated carbocycles. The molecule has 0 spiro atoms. The minimum atomic E-state index is 0.0289. The number of para-hydroxylation sites is 1. The molecule has 0 bridgehead atoms. The van der Waals surface area contributed by atoms with Crippen LogP contribution in [0.1, 0.15) is 43.0 Å². The molecule has 2 unspecified atom stereocenters. The van der Waals surface area contributed by atoms with Gasteiger partial charge in [0.05, 0.1) is 17.5 Å². The lowest BCUT2D eigenvalue weighted by molar-refractivity contribution is -0.131. The number of nitrogens with zero attached hydrogens (tertiary/aromatic N) is 4. The zero-order valence-corrected chi connectivity index (χ0v) is 18.3. The lowest BCUT2D eigenvalue weighted by Crippen LogP contribution is -2.56. The Kier molecular flexibility index (Phi) is 4.75. The highest BCUT2D eigenvalue weighted by Gasteiger charge is 2.37. The van der Waals surface area contributed by atoms with Gasteiger partial charge >= 0.3 is 0 Å². The average molecular weight is 433 g/mol. The Bertz CT molecular complexity index is 1150. The van der Waals surface area contributed by atoms with Crippen LogP contribution in [-0.4, -0.2) is 69.5 Å². The SMILES string of the molecule is CC(=O)N1CCN(C2COc3ccccc3C2Nc2ncnc3[nH]c(C4CC4)cc23)CC1. The lowest BCUT2D eigenvalue weighted by Gasteiger charge is -2.44. The molecule has 2 aromatic heterocycles. The van der Waals surface area contributed by atoms with Gasteiger partial charge < -0.3 is 19.9 Å². The second-order valence-electron chi connectivity index (χ2n) is 9.06. The maximum Gasteiger partial charge on any atom is 0.219 e. The van der Waals surface area contributed by atoms with Crippen LogP contribution in [0.3, 0.4) is 0 Å². The monoisotopic (exact) mass is 432 g/mol. The summed E-state index contributed by atoms with van der Waals surface area (Å²) in [6, 6.07) is 10.6. The molecule has 2 aliphatic heterocycles. The van der Waals surface area contributed by atoms with Crippen LogP contribution >= 0.6 is 0 Å². The molecule has 2 N–H and O–H groups in total. The lowest BCUT2D eigenvalue weighted by atomic mass is 9.94. The van der Waals surface area contributed by atoms with Crippen LogP contribution in [0.2, 0.25) is 0 Å². The second-order valence-corrected chi connectivity index (χ2v) is 9.06. The van der Waals surface area contributed by atoms with E-state index in [1.807, 2.05) is 17.0 Å². The van der Waals surface area contributed by atoms with Crippen molar-refractivity contribution in [1.82, 2.24) is 24.8 Å². The number of nitrogens with one attached hydrogen (secondary N) is 2. The van der Waals surface area contributed by atoms with Gasteiger partial charge in [0.15, 0.2) is 0 Å². The van der Waals surface area contributed by atoms with E-state index in [4.69, 9.17) is 4.74 Å². The summed E-state index contributed by atoms with van der Waals surface area (Å²) in [6.45, 7) is 5.42. The van der Waals surface area contributed by atoms with Gasteiger partial charge in [0.1, 0.15) is 30.1 Å². The average Bonchev–Trinajstić information content (AvgIpc) is 3.58. The zero-order chi connectivity index (χ0) is 21.7. The van der Waals surface area contributed by atoms with Gasteiger partial charge in [-0.2, -0.15) is 0 Å². The van der Waals surface area contributed by atoms with E-state index in [9.17, 15) is 4.79 Å². The summed E-state index contributed by atoms with van der Waals surface area (Å²) in [5.74, 6) is 2.55. The fourth-order valence-corrected chi connectivity index (χ4v) is 5.04. The Morgan fingerprint density at radius 2 is 1.97 bits per heavy atom. The largest absolute Gasteiger partial charge is 0.491 e. The standard InChI is InChI=1S/C24H28N6O2/c1-15(31)29-8-10-30(11-9-29)20-13-32-21-5-3-2-4-17(21)22(20)28-24-18-12-19(16-6-7-16)27-23(18)25-14-26-24/h2-5,12,14,16,20,22H,6-11,13H2,1H3,(H2,25,26,27,28). The minimum absolute atomic E-state index is 0.0289. The zero-order valence-electron chi connectivity index (χ0n) is 18.3. The summed E-state index contributed by atoms with van der Waals surface area (Å²) in [4.78, 5) is 28.7. The van der Waals surface area contributed by atoms with E-state index in [0.29, 0.717) is 12.5 Å². The number of carbonyl (C=O) groups is 1. The van der Waals surface area contributed by atoms with Gasteiger partial charge in [-0.25, -0.2) is 9.97 Å². The van der Waals surface area contributed by atoms with E-state index in [2.05, 4.69) is 43.4 Å². The van der Waals surface area contributed by atoms with E-state index in [1.165, 1.54) is 18.5 Å². The van der Waals surface area contributed by atoms with Crippen LogP contribution in [0.4, 0.5) is 5.82 Å². The smallest absolute Gasteiger partial charge is 0.219 e. The number of carbonyl (C=O) groups excluding carboxylic acids is 1. The van der Waals surface area contributed by atoms with Gasteiger partial charge in [-0.3, -0.25) is 9.69 Å². The first-order chi connectivity index (χ1) is 15.7. The van der Waals surface area contributed by atoms with Crippen LogP contribution in [-0.2, 0) is 4.79 Å². The first-order valence-electron chi connectivity index (χ1n) is 11.5. The molecule has 32 heavy (non-hydrogen) atoms. The predicted molar refractivity (Wildman–Crippen MR) is 122 cm³/mol. The number of anilines is 1. The number of amides is 1. The number of aromatic nitrogens is 3. The van der Waals surface area contributed by atoms with Gasteiger partial charge in [0.25, 0.3) is 0 Å². The predicted octanol–water partition coefficient (Wildman–Crippen LogP) is 2.91. The van der Waals surface area contributed by atoms with Crippen LogP contribution in [0, 0.1) is 0 Å². The molecule has 4 heterocycles. The third kappa shape index (κ3) is 3.48. The van der Waals surface area contributed by atoms with Crippen molar-refractivity contribution < 1.29 is 9.53 Å². The number of aromatic amines is 1. The Morgan fingerprint density at radius 3 is 2.75 bits per heavy atom. The van der Waals surface area contributed by atoms with Gasteiger partial charge in [-0.15, -0.1) is 0 Å². The fraction of sp³-hybridized carbons (Fsp3) is 0.458. The highest BCUT2D eigenvalue weighted by molar-refractivity contribution is 5.88. The summed E-state index contributed by atoms with van der Waals surface area (Å²) in [7, 11) is 0. The molecular weight excluding hydrogens is 404 g/mol. The number of hydrogen-bond acceptors (Lipinski definition) is 6. The van der Waals surface area contributed by atoms with Crippen LogP contribution in [0.5, 0.6) is 5.75 Å². The van der Waals surface area contributed by atoms with E-state index < -0.39 is 0 Å². The first-order valence-corrected chi connectivity index (χ1v) is 11.5.